The van der Waals surface area contributed by atoms with Crippen molar-refractivity contribution in [2.24, 2.45) is 0 Å². The summed E-state index contributed by atoms with van der Waals surface area (Å²) >= 11 is 0. The average Bonchev–Trinajstić information content (AvgIpc) is 2.58. The lowest BCUT2D eigenvalue weighted by Gasteiger charge is -2.07. The van der Waals surface area contributed by atoms with E-state index in [9.17, 15) is 14.0 Å². The van der Waals surface area contributed by atoms with Gasteiger partial charge in [0.1, 0.15) is 11.6 Å². The largest absolute Gasteiger partial charge is 0.482 e. The highest BCUT2D eigenvalue weighted by molar-refractivity contribution is 5.95. The van der Waals surface area contributed by atoms with Gasteiger partial charge in [-0.15, -0.1) is 0 Å². The molecule has 4 nitrogen and oxygen atoms in total. The van der Waals surface area contributed by atoms with Crippen molar-refractivity contribution in [3.63, 3.8) is 0 Å². The zero-order valence-corrected chi connectivity index (χ0v) is 12.5. The molecule has 0 N–H and O–H groups in total. The number of ketones is 1. The van der Waals surface area contributed by atoms with Crippen LogP contribution in [0.2, 0.25) is 0 Å². The number of para-hydroxylation sites is 1. The third-order valence-electron chi connectivity index (χ3n) is 3.08. The Hall–Kier alpha value is -2.69. The fourth-order valence-electron chi connectivity index (χ4n) is 1.90. The molecule has 0 radical (unpaired) electrons. The first-order valence-electron chi connectivity index (χ1n) is 7.27. The monoisotopic (exact) mass is 316 g/mol. The molecule has 5 heteroatoms. The summed E-state index contributed by atoms with van der Waals surface area (Å²) in [5.74, 6) is -0.380. The Kier molecular flexibility index (Phi) is 6.29. The Morgan fingerprint density at radius 2 is 1.65 bits per heavy atom. The van der Waals surface area contributed by atoms with Gasteiger partial charge in [0.15, 0.2) is 12.4 Å². The second-order valence-electron chi connectivity index (χ2n) is 4.86. The van der Waals surface area contributed by atoms with Gasteiger partial charge < -0.3 is 9.47 Å². The van der Waals surface area contributed by atoms with E-state index in [-0.39, 0.29) is 31.2 Å². The van der Waals surface area contributed by atoms with Gasteiger partial charge in [-0.1, -0.05) is 18.2 Å². The predicted octanol–water partition coefficient (Wildman–Crippen LogP) is 3.41. The second kappa shape index (κ2) is 8.68. The van der Waals surface area contributed by atoms with E-state index in [1.807, 2.05) is 18.2 Å². The average molecular weight is 316 g/mol. The lowest BCUT2D eigenvalue weighted by molar-refractivity contribution is -0.146. The first-order valence-corrected chi connectivity index (χ1v) is 7.27. The minimum atomic E-state index is -0.483. The highest BCUT2D eigenvalue weighted by atomic mass is 19.1. The number of halogens is 1. The maximum absolute atomic E-state index is 12.8. The Balaban J connectivity index is 1.62. The number of rotatable bonds is 8. The molecule has 0 bridgehead atoms. The van der Waals surface area contributed by atoms with E-state index in [1.165, 1.54) is 24.3 Å². The summed E-state index contributed by atoms with van der Waals surface area (Å²) in [7, 11) is 0. The molecule has 2 aromatic rings. The molecular formula is C18H17FO4. The number of carbonyl (C=O) groups is 2. The highest BCUT2D eigenvalue weighted by Crippen LogP contribution is 2.09. The van der Waals surface area contributed by atoms with Crippen LogP contribution in [0.1, 0.15) is 23.2 Å². The molecule has 0 saturated heterocycles. The van der Waals surface area contributed by atoms with Crippen LogP contribution in [0.15, 0.2) is 54.6 Å². The number of ether oxygens (including phenoxy) is 2. The first kappa shape index (κ1) is 16.7. The quantitative estimate of drug-likeness (QED) is 0.425. The maximum atomic E-state index is 12.8. The van der Waals surface area contributed by atoms with Crippen LogP contribution in [-0.4, -0.2) is 25.0 Å². The van der Waals surface area contributed by atoms with Gasteiger partial charge in [0.2, 0.25) is 0 Å². The van der Waals surface area contributed by atoms with Crippen molar-refractivity contribution in [1.29, 1.82) is 0 Å². The van der Waals surface area contributed by atoms with Crippen molar-refractivity contribution < 1.29 is 23.5 Å². The topological polar surface area (TPSA) is 52.6 Å². The van der Waals surface area contributed by atoms with Crippen molar-refractivity contribution in [3.8, 4) is 5.75 Å². The molecule has 0 atom stereocenters. The first-order chi connectivity index (χ1) is 11.1. The number of hydrogen-bond acceptors (Lipinski definition) is 4. The van der Waals surface area contributed by atoms with Gasteiger partial charge in [-0.2, -0.15) is 0 Å². The predicted molar refractivity (Wildman–Crippen MR) is 82.9 cm³/mol. The van der Waals surface area contributed by atoms with E-state index in [4.69, 9.17) is 9.47 Å². The Morgan fingerprint density at radius 3 is 2.35 bits per heavy atom. The number of benzene rings is 2. The normalized spacial score (nSPS) is 10.1. The second-order valence-corrected chi connectivity index (χ2v) is 4.86. The van der Waals surface area contributed by atoms with E-state index >= 15 is 0 Å². The molecule has 23 heavy (non-hydrogen) atoms. The summed E-state index contributed by atoms with van der Waals surface area (Å²) in [5, 5.41) is 0. The molecule has 2 rings (SSSR count). The van der Waals surface area contributed by atoms with Crippen LogP contribution in [0.5, 0.6) is 5.75 Å². The van der Waals surface area contributed by atoms with Crippen LogP contribution >= 0.6 is 0 Å². The number of esters is 1. The van der Waals surface area contributed by atoms with Gasteiger partial charge in [0, 0.05) is 12.0 Å². The summed E-state index contributed by atoms with van der Waals surface area (Å²) in [4.78, 5) is 23.3. The number of hydrogen-bond donors (Lipinski definition) is 0. The minimum Gasteiger partial charge on any atom is -0.482 e. The molecule has 2 aromatic carbocycles. The standard InChI is InChI=1S/C18H17FO4/c19-15-10-8-14(9-11-15)17(20)7-4-12-22-18(21)13-23-16-5-2-1-3-6-16/h1-3,5-6,8-11H,4,7,12-13H2. The van der Waals surface area contributed by atoms with Crippen molar-refractivity contribution >= 4 is 11.8 Å². The van der Waals surface area contributed by atoms with E-state index in [1.54, 1.807) is 12.1 Å². The molecular weight excluding hydrogens is 299 g/mol. The van der Waals surface area contributed by atoms with E-state index in [0.717, 1.165) is 0 Å². The summed E-state index contributed by atoms with van der Waals surface area (Å²) in [6.45, 7) is -0.0279. The van der Waals surface area contributed by atoms with Crippen LogP contribution in [-0.2, 0) is 9.53 Å². The molecule has 0 aliphatic carbocycles. The summed E-state index contributed by atoms with van der Waals surface area (Å²) in [5.41, 5.74) is 0.449. The van der Waals surface area contributed by atoms with E-state index in [0.29, 0.717) is 17.7 Å². The highest BCUT2D eigenvalue weighted by Gasteiger charge is 2.08. The Bertz CT molecular complexity index is 638. The Morgan fingerprint density at radius 1 is 0.957 bits per heavy atom. The molecule has 0 saturated carbocycles. The molecule has 0 aliphatic heterocycles. The zero-order chi connectivity index (χ0) is 16.5. The third-order valence-corrected chi connectivity index (χ3v) is 3.08. The number of carbonyl (C=O) groups excluding carboxylic acids is 2. The molecule has 0 aromatic heterocycles. The SMILES string of the molecule is O=C(COc1ccccc1)OCCCC(=O)c1ccc(F)cc1. The molecule has 0 unspecified atom stereocenters. The van der Waals surface area contributed by atoms with Gasteiger partial charge >= 0.3 is 5.97 Å². The molecule has 0 fully saturated rings. The van der Waals surface area contributed by atoms with Crippen molar-refractivity contribution in [3.05, 3.63) is 66.0 Å². The van der Waals surface area contributed by atoms with Crippen LogP contribution in [0.25, 0.3) is 0 Å². The van der Waals surface area contributed by atoms with Gasteiger partial charge in [-0.25, -0.2) is 9.18 Å². The lowest BCUT2D eigenvalue weighted by atomic mass is 10.1. The molecule has 0 aliphatic rings. The van der Waals surface area contributed by atoms with Gasteiger partial charge in [0.25, 0.3) is 0 Å². The molecule has 0 heterocycles. The smallest absolute Gasteiger partial charge is 0.344 e. The van der Waals surface area contributed by atoms with Crippen LogP contribution < -0.4 is 4.74 Å². The number of Topliss-reactive ketones (excluding diaryl/α,β-unsaturated/α-hetero) is 1. The van der Waals surface area contributed by atoms with Gasteiger partial charge in [-0.3, -0.25) is 4.79 Å². The Labute approximate surface area is 133 Å². The van der Waals surface area contributed by atoms with Gasteiger partial charge in [-0.05, 0) is 42.8 Å². The van der Waals surface area contributed by atoms with Crippen LogP contribution in [0.3, 0.4) is 0 Å². The lowest BCUT2D eigenvalue weighted by Crippen LogP contribution is -2.16. The summed E-state index contributed by atoms with van der Waals surface area (Å²) in [6, 6.07) is 14.3. The minimum absolute atomic E-state index is 0.110. The van der Waals surface area contributed by atoms with E-state index in [2.05, 4.69) is 0 Å². The van der Waals surface area contributed by atoms with Crippen LogP contribution in [0.4, 0.5) is 4.39 Å². The fourth-order valence-corrected chi connectivity index (χ4v) is 1.90. The molecule has 0 amide bonds. The van der Waals surface area contributed by atoms with Gasteiger partial charge in [0.05, 0.1) is 6.61 Å². The van der Waals surface area contributed by atoms with Crippen molar-refractivity contribution in [1.82, 2.24) is 0 Å². The third kappa shape index (κ3) is 5.90. The molecule has 0 spiro atoms. The zero-order valence-electron chi connectivity index (χ0n) is 12.5. The summed E-state index contributed by atoms with van der Waals surface area (Å²) in [6.07, 6.45) is 0.645. The fraction of sp³-hybridized carbons (Fsp3) is 0.222. The van der Waals surface area contributed by atoms with Crippen molar-refractivity contribution in [2.75, 3.05) is 13.2 Å². The summed E-state index contributed by atoms with van der Waals surface area (Å²) < 4.78 is 23.0. The molecule has 120 valence electrons. The van der Waals surface area contributed by atoms with Crippen LogP contribution in [0, 0.1) is 5.82 Å². The maximum Gasteiger partial charge on any atom is 0.344 e. The van der Waals surface area contributed by atoms with Crippen molar-refractivity contribution in [2.45, 2.75) is 12.8 Å². The van der Waals surface area contributed by atoms with E-state index < -0.39 is 5.97 Å².